The maximum Gasteiger partial charge on any atom is 0.241 e. The molecular weight excluding hydrogens is 262 g/mol. The Kier molecular flexibility index (Phi) is 7.05. The second-order valence-electron chi connectivity index (χ2n) is 6.12. The van der Waals surface area contributed by atoms with Crippen LogP contribution in [-0.4, -0.2) is 42.3 Å². The van der Waals surface area contributed by atoms with Gasteiger partial charge < -0.3 is 4.90 Å². The fourth-order valence-corrected chi connectivity index (χ4v) is 3.63. The average Bonchev–Trinajstić information content (AvgIpc) is 2.24. The zero-order valence-corrected chi connectivity index (χ0v) is 14.1. The Morgan fingerprint density at radius 2 is 1.37 bits per heavy atom. The molecule has 0 spiro atoms. The van der Waals surface area contributed by atoms with Crippen molar-refractivity contribution in [1.29, 1.82) is 0 Å². The highest BCUT2D eigenvalue weighted by Crippen LogP contribution is 2.15. The number of hydrogen-bond acceptors (Lipinski definition) is 3. The van der Waals surface area contributed by atoms with Gasteiger partial charge in [0.15, 0.2) is 9.84 Å². The molecule has 19 heavy (non-hydrogen) atoms. The third-order valence-corrected chi connectivity index (χ3v) is 5.32. The lowest BCUT2D eigenvalue weighted by atomic mass is 10.2. The summed E-state index contributed by atoms with van der Waals surface area (Å²) in [5.41, 5.74) is 0. The van der Waals surface area contributed by atoms with Crippen LogP contribution in [0.25, 0.3) is 0 Å². The van der Waals surface area contributed by atoms with Crippen LogP contribution >= 0.6 is 0 Å². The Labute approximate surface area is 118 Å². The average molecular weight is 291 g/mol. The lowest BCUT2D eigenvalue weighted by Crippen LogP contribution is -2.49. The fourth-order valence-electron chi connectivity index (χ4n) is 2.05. The maximum absolute atomic E-state index is 12.4. The van der Waals surface area contributed by atoms with Crippen molar-refractivity contribution in [2.24, 2.45) is 5.92 Å². The fraction of sp³-hybridized carbons (Fsp3) is 0.929. The minimum atomic E-state index is -3.36. The van der Waals surface area contributed by atoms with E-state index in [4.69, 9.17) is 0 Å². The Balaban J connectivity index is 4.98. The van der Waals surface area contributed by atoms with E-state index in [0.717, 1.165) is 0 Å². The summed E-state index contributed by atoms with van der Waals surface area (Å²) in [5, 5.41) is -0.948. The van der Waals surface area contributed by atoms with Crippen molar-refractivity contribution < 1.29 is 13.2 Å². The molecule has 1 atom stereocenters. The molecule has 0 aliphatic heterocycles. The van der Waals surface area contributed by atoms with E-state index in [2.05, 4.69) is 0 Å². The minimum absolute atomic E-state index is 0.00949. The third kappa shape index (κ3) is 5.51. The normalized spacial score (nSPS) is 14.2. The number of carbonyl (C=O) groups is 1. The molecular formula is C14H29NO3S. The molecule has 1 amide bonds. The SMILES string of the molecule is CC(C)CCS(=O)(=O)C(C)C(=O)N(C(C)C)C(C)C. The summed E-state index contributed by atoms with van der Waals surface area (Å²) in [6.45, 7) is 13.1. The Hall–Kier alpha value is -0.580. The number of hydrogen-bond donors (Lipinski definition) is 0. The van der Waals surface area contributed by atoms with Gasteiger partial charge in [0, 0.05) is 12.1 Å². The number of amides is 1. The summed E-state index contributed by atoms with van der Waals surface area (Å²) in [6, 6.07) is 0.0190. The predicted octanol–water partition coefficient (Wildman–Crippen LogP) is 2.48. The topological polar surface area (TPSA) is 54.5 Å². The van der Waals surface area contributed by atoms with Crippen molar-refractivity contribution >= 4 is 15.7 Å². The van der Waals surface area contributed by atoms with Crippen LogP contribution < -0.4 is 0 Å². The van der Waals surface area contributed by atoms with E-state index >= 15 is 0 Å². The molecule has 0 heterocycles. The molecule has 4 nitrogen and oxygen atoms in total. The Morgan fingerprint density at radius 1 is 0.947 bits per heavy atom. The summed E-state index contributed by atoms with van der Waals surface area (Å²) in [7, 11) is -3.36. The highest BCUT2D eigenvalue weighted by atomic mass is 32.2. The van der Waals surface area contributed by atoms with Crippen molar-refractivity contribution in [3.63, 3.8) is 0 Å². The van der Waals surface area contributed by atoms with Gasteiger partial charge in [0.2, 0.25) is 5.91 Å². The third-order valence-electron chi connectivity index (χ3n) is 3.23. The van der Waals surface area contributed by atoms with E-state index in [1.807, 2.05) is 41.5 Å². The van der Waals surface area contributed by atoms with Crippen molar-refractivity contribution in [3.05, 3.63) is 0 Å². The smallest absolute Gasteiger partial charge is 0.241 e. The van der Waals surface area contributed by atoms with Gasteiger partial charge in [-0.15, -0.1) is 0 Å². The van der Waals surface area contributed by atoms with Gasteiger partial charge in [0.05, 0.1) is 5.75 Å². The van der Waals surface area contributed by atoms with Gasteiger partial charge in [0.1, 0.15) is 5.25 Å². The highest BCUT2D eigenvalue weighted by Gasteiger charge is 2.33. The maximum atomic E-state index is 12.4. The van der Waals surface area contributed by atoms with Gasteiger partial charge in [-0.25, -0.2) is 8.42 Å². The molecule has 0 radical (unpaired) electrons. The Morgan fingerprint density at radius 3 is 1.68 bits per heavy atom. The molecule has 0 bridgehead atoms. The van der Waals surface area contributed by atoms with Crippen LogP contribution in [0.1, 0.15) is 54.9 Å². The molecule has 0 saturated heterocycles. The van der Waals surface area contributed by atoms with Crippen LogP contribution in [0.3, 0.4) is 0 Å². The van der Waals surface area contributed by atoms with Gasteiger partial charge in [0.25, 0.3) is 0 Å². The number of nitrogens with zero attached hydrogens (tertiary/aromatic N) is 1. The molecule has 0 aromatic rings. The highest BCUT2D eigenvalue weighted by molar-refractivity contribution is 7.92. The molecule has 114 valence electrons. The first-order valence-electron chi connectivity index (χ1n) is 7.04. The predicted molar refractivity (Wildman–Crippen MR) is 79.8 cm³/mol. The molecule has 1 unspecified atom stereocenters. The first kappa shape index (κ1) is 18.4. The molecule has 0 N–H and O–H groups in total. The molecule has 0 fully saturated rings. The minimum Gasteiger partial charge on any atom is -0.337 e. The molecule has 0 saturated carbocycles. The summed E-state index contributed by atoms with van der Waals surface area (Å²) < 4.78 is 24.4. The quantitative estimate of drug-likeness (QED) is 0.724. The van der Waals surface area contributed by atoms with Crippen molar-refractivity contribution in [3.8, 4) is 0 Å². The second-order valence-corrected chi connectivity index (χ2v) is 8.57. The van der Waals surface area contributed by atoms with Crippen LogP contribution in [0, 0.1) is 5.92 Å². The monoisotopic (exact) mass is 291 g/mol. The largest absolute Gasteiger partial charge is 0.337 e. The van der Waals surface area contributed by atoms with Crippen LogP contribution in [0.15, 0.2) is 0 Å². The van der Waals surface area contributed by atoms with Gasteiger partial charge in [-0.2, -0.15) is 0 Å². The number of sulfone groups is 1. The molecule has 0 aromatic carbocycles. The molecule has 0 aromatic heterocycles. The van der Waals surface area contributed by atoms with Gasteiger partial charge in [-0.1, -0.05) is 13.8 Å². The van der Waals surface area contributed by atoms with E-state index < -0.39 is 15.1 Å². The van der Waals surface area contributed by atoms with E-state index in [1.165, 1.54) is 6.92 Å². The van der Waals surface area contributed by atoms with Gasteiger partial charge in [-0.3, -0.25) is 4.79 Å². The summed E-state index contributed by atoms with van der Waals surface area (Å²) >= 11 is 0. The van der Waals surface area contributed by atoms with Crippen LogP contribution in [0.4, 0.5) is 0 Å². The molecule has 5 heteroatoms. The van der Waals surface area contributed by atoms with Crippen molar-refractivity contribution in [2.45, 2.75) is 72.2 Å². The van der Waals surface area contributed by atoms with E-state index in [0.29, 0.717) is 12.3 Å². The van der Waals surface area contributed by atoms with Crippen LogP contribution in [0.5, 0.6) is 0 Å². The first-order valence-corrected chi connectivity index (χ1v) is 8.76. The zero-order chi connectivity index (χ0) is 15.4. The summed E-state index contributed by atoms with van der Waals surface area (Å²) in [6.07, 6.45) is 0.601. The lowest BCUT2D eigenvalue weighted by Gasteiger charge is -2.33. The van der Waals surface area contributed by atoms with Crippen LogP contribution in [-0.2, 0) is 14.6 Å². The second kappa shape index (κ2) is 7.27. The molecule has 0 rings (SSSR count). The van der Waals surface area contributed by atoms with Gasteiger partial charge >= 0.3 is 0 Å². The standard InChI is InChI=1S/C14H29NO3S/c1-10(2)8-9-19(17,18)13(7)14(16)15(11(3)4)12(5)6/h10-13H,8-9H2,1-7H3. The van der Waals surface area contributed by atoms with Crippen LogP contribution in [0.2, 0.25) is 0 Å². The van der Waals surface area contributed by atoms with E-state index in [9.17, 15) is 13.2 Å². The van der Waals surface area contributed by atoms with E-state index in [-0.39, 0.29) is 23.7 Å². The van der Waals surface area contributed by atoms with Crippen molar-refractivity contribution in [1.82, 2.24) is 4.90 Å². The number of rotatable bonds is 7. The Bertz CT molecular complexity index is 377. The summed E-state index contributed by atoms with van der Waals surface area (Å²) in [4.78, 5) is 14.0. The number of carbonyl (C=O) groups excluding carboxylic acids is 1. The first-order chi connectivity index (χ1) is 8.50. The summed E-state index contributed by atoms with van der Waals surface area (Å²) in [5.74, 6) is 0.124. The van der Waals surface area contributed by atoms with Gasteiger partial charge in [-0.05, 0) is 47.0 Å². The molecule has 0 aliphatic rings. The lowest BCUT2D eigenvalue weighted by molar-refractivity contribution is -0.133. The van der Waals surface area contributed by atoms with E-state index in [1.54, 1.807) is 4.90 Å². The zero-order valence-electron chi connectivity index (χ0n) is 13.3. The molecule has 0 aliphatic carbocycles. The van der Waals surface area contributed by atoms with Crippen molar-refractivity contribution in [2.75, 3.05) is 5.75 Å².